The molecule has 1 aliphatic carbocycles. The number of hydrogen-bond donors (Lipinski definition) is 0. The van der Waals surface area contributed by atoms with Crippen molar-refractivity contribution >= 4 is 51.7 Å². The third-order valence-corrected chi connectivity index (χ3v) is 10.1. The third kappa shape index (κ3) is 5.05. The molecule has 6 nitrogen and oxygen atoms in total. The van der Waals surface area contributed by atoms with Crippen LogP contribution in [0.25, 0.3) is 0 Å². The number of amides is 1. The Labute approximate surface area is 235 Å². The molecule has 0 unspecified atom stereocenters. The average Bonchev–Trinajstić information content (AvgIpc) is 3.47. The molecule has 202 valence electrons. The fraction of sp³-hybridized carbons (Fsp3) is 0.467. The van der Waals surface area contributed by atoms with E-state index in [-0.39, 0.29) is 11.9 Å². The van der Waals surface area contributed by atoms with E-state index in [1.54, 1.807) is 30.6 Å². The second-order valence-corrected chi connectivity index (χ2v) is 11.9. The van der Waals surface area contributed by atoms with Crippen LogP contribution in [0.3, 0.4) is 0 Å². The van der Waals surface area contributed by atoms with Gasteiger partial charge >= 0.3 is 0 Å². The molecule has 1 saturated heterocycles. The molecule has 2 aliphatic heterocycles. The van der Waals surface area contributed by atoms with Crippen molar-refractivity contribution in [1.29, 1.82) is 0 Å². The van der Waals surface area contributed by atoms with E-state index >= 15 is 0 Å². The monoisotopic (exact) mass is 550 g/mol. The molecule has 1 saturated carbocycles. The molecule has 1 amide bonds. The first kappa shape index (κ1) is 27.0. The van der Waals surface area contributed by atoms with Crippen molar-refractivity contribution in [3.63, 3.8) is 0 Å². The highest BCUT2D eigenvalue weighted by Gasteiger charge is 2.43. The molecule has 2 heterocycles. The van der Waals surface area contributed by atoms with E-state index in [9.17, 15) is 4.79 Å². The summed E-state index contributed by atoms with van der Waals surface area (Å²) >= 11 is 3.22. The molecule has 2 aromatic carbocycles. The predicted molar refractivity (Wildman–Crippen MR) is 162 cm³/mol. The molecule has 2 aromatic rings. The second kappa shape index (κ2) is 11.7. The molecular formula is C30H38N4O2S2. The molecule has 8 heteroatoms. The van der Waals surface area contributed by atoms with Crippen LogP contribution in [0, 0.1) is 6.92 Å². The number of anilines is 2. The van der Waals surface area contributed by atoms with Crippen LogP contribution in [-0.2, 0) is 4.79 Å². The van der Waals surface area contributed by atoms with E-state index in [2.05, 4.69) is 67.8 Å². The van der Waals surface area contributed by atoms with Crippen molar-refractivity contribution < 1.29 is 9.53 Å². The van der Waals surface area contributed by atoms with Crippen molar-refractivity contribution in [3.05, 3.63) is 51.9 Å². The largest absolute Gasteiger partial charge is 0.497 e. The Morgan fingerprint density at radius 2 is 1.79 bits per heavy atom. The van der Waals surface area contributed by atoms with Gasteiger partial charge in [-0.25, -0.2) is 4.99 Å². The maximum atomic E-state index is 14.1. The Morgan fingerprint density at radius 1 is 1.03 bits per heavy atom. The predicted octanol–water partition coefficient (Wildman–Crippen LogP) is 7.55. The standard InChI is InChI=1S/C30H38N4O2S2/c1-6-32(7-2)22-14-16-24(20(4)18-22)31-30-34(21-12-10-9-11-13-21)28(35)27(38-30)29-33(8-3)25-19-23(36-5)15-17-26(25)37-29/h14-19,21H,6-13H2,1-5H3. The number of amidine groups is 1. The van der Waals surface area contributed by atoms with Gasteiger partial charge in [0, 0.05) is 42.3 Å². The van der Waals surface area contributed by atoms with Crippen LogP contribution in [0.4, 0.5) is 17.1 Å². The minimum atomic E-state index is 0.0961. The van der Waals surface area contributed by atoms with Gasteiger partial charge in [-0.1, -0.05) is 31.0 Å². The summed E-state index contributed by atoms with van der Waals surface area (Å²) in [5, 5.41) is 1.82. The molecule has 2 fully saturated rings. The highest BCUT2D eigenvalue weighted by molar-refractivity contribution is 8.19. The van der Waals surface area contributed by atoms with Crippen molar-refractivity contribution in [3.8, 4) is 5.75 Å². The first-order valence-electron chi connectivity index (χ1n) is 13.8. The van der Waals surface area contributed by atoms with Crippen molar-refractivity contribution in [1.82, 2.24) is 4.90 Å². The summed E-state index contributed by atoms with van der Waals surface area (Å²) in [5.74, 6) is 0.924. The summed E-state index contributed by atoms with van der Waals surface area (Å²) in [4.78, 5) is 27.8. The normalized spacial score (nSPS) is 21.0. The number of hydrogen-bond acceptors (Lipinski definition) is 7. The van der Waals surface area contributed by atoms with Gasteiger partial charge in [0.25, 0.3) is 5.91 Å². The first-order valence-corrected chi connectivity index (χ1v) is 15.5. The van der Waals surface area contributed by atoms with Crippen LogP contribution in [0.1, 0.15) is 58.4 Å². The molecule has 0 atom stereocenters. The zero-order valence-electron chi connectivity index (χ0n) is 23.1. The quantitative estimate of drug-likeness (QED) is 0.332. The lowest BCUT2D eigenvalue weighted by molar-refractivity contribution is -0.124. The van der Waals surface area contributed by atoms with Gasteiger partial charge in [-0.2, -0.15) is 0 Å². The van der Waals surface area contributed by atoms with E-state index < -0.39 is 0 Å². The van der Waals surface area contributed by atoms with Gasteiger partial charge in [0.15, 0.2) is 5.17 Å². The van der Waals surface area contributed by atoms with Crippen molar-refractivity contribution in [2.45, 2.75) is 70.7 Å². The SMILES string of the molecule is CCN(CC)c1ccc(N=C2SC(=C3Sc4ccc(OC)cc4N3CC)C(=O)N2C2CCCCC2)c(C)c1. The number of ether oxygens (including phenoxy) is 1. The first-order chi connectivity index (χ1) is 18.5. The topological polar surface area (TPSA) is 48.4 Å². The number of aryl methyl sites for hydroxylation is 1. The van der Waals surface area contributed by atoms with Crippen LogP contribution in [-0.4, -0.2) is 48.8 Å². The van der Waals surface area contributed by atoms with Gasteiger partial charge in [0.05, 0.1) is 18.5 Å². The molecule has 38 heavy (non-hydrogen) atoms. The van der Waals surface area contributed by atoms with Gasteiger partial charge in [0.1, 0.15) is 15.7 Å². The van der Waals surface area contributed by atoms with Gasteiger partial charge in [-0.3, -0.25) is 9.69 Å². The molecule has 0 bridgehead atoms. The van der Waals surface area contributed by atoms with Crippen LogP contribution >= 0.6 is 23.5 Å². The van der Waals surface area contributed by atoms with E-state index in [1.165, 1.54) is 12.1 Å². The molecule has 0 N–H and O–H groups in total. The number of methoxy groups -OCH3 is 1. The van der Waals surface area contributed by atoms with Gasteiger partial charge in [-0.05, 0) is 88.2 Å². The highest BCUT2D eigenvalue weighted by atomic mass is 32.2. The van der Waals surface area contributed by atoms with Crippen LogP contribution in [0.5, 0.6) is 5.75 Å². The second-order valence-electron chi connectivity index (χ2n) is 9.92. The lowest BCUT2D eigenvalue weighted by Crippen LogP contribution is -2.40. The zero-order chi connectivity index (χ0) is 26.8. The van der Waals surface area contributed by atoms with Crippen LogP contribution in [0.15, 0.2) is 56.2 Å². The lowest BCUT2D eigenvalue weighted by atomic mass is 9.94. The number of benzene rings is 2. The number of rotatable bonds is 7. The Kier molecular flexibility index (Phi) is 8.29. The fourth-order valence-corrected chi connectivity index (χ4v) is 8.01. The summed E-state index contributed by atoms with van der Waals surface area (Å²) in [6, 6.07) is 12.8. The lowest BCUT2D eigenvalue weighted by Gasteiger charge is -2.30. The van der Waals surface area contributed by atoms with E-state index in [1.807, 2.05) is 11.0 Å². The smallest absolute Gasteiger partial charge is 0.269 e. The number of carbonyl (C=O) groups excluding carboxylic acids is 1. The van der Waals surface area contributed by atoms with Crippen molar-refractivity contribution in [2.24, 2.45) is 4.99 Å². The number of nitrogens with zero attached hydrogens (tertiary/aromatic N) is 4. The molecular weight excluding hydrogens is 512 g/mol. The summed E-state index contributed by atoms with van der Waals surface area (Å²) in [5.41, 5.74) is 4.38. The molecule has 0 spiro atoms. The van der Waals surface area contributed by atoms with Gasteiger partial charge in [0.2, 0.25) is 0 Å². The Morgan fingerprint density at radius 3 is 2.45 bits per heavy atom. The summed E-state index contributed by atoms with van der Waals surface area (Å²) in [7, 11) is 1.69. The molecule has 0 radical (unpaired) electrons. The van der Waals surface area contributed by atoms with E-state index in [0.717, 1.165) is 88.0 Å². The highest BCUT2D eigenvalue weighted by Crippen LogP contribution is 2.52. The summed E-state index contributed by atoms with van der Waals surface area (Å²) in [6.45, 7) is 11.3. The third-order valence-electron chi connectivity index (χ3n) is 7.70. The minimum Gasteiger partial charge on any atom is -0.497 e. The maximum Gasteiger partial charge on any atom is 0.269 e. The average molecular weight is 551 g/mol. The van der Waals surface area contributed by atoms with Crippen LogP contribution in [0.2, 0.25) is 0 Å². The van der Waals surface area contributed by atoms with Gasteiger partial charge < -0.3 is 14.5 Å². The summed E-state index contributed by atoms with van der Waals surface area (Å²) < 4.78 is 5.49. The van der Waals surface area contributed by atoms with E-state index in [4.69, 9.17) is 9.73 Å². The van der Waals surface area contributed by atoms with E-state index in [0.29, 0.717) is 0 Å². The number of thioether (sulfide) groups is 2. The van der Waals surface area contributed by atoms with Crippen LogP contribution < -0.4 is 14.5 Å². The fourth-order valence-electron chi connectivity index (χ4n) is 5.58. The Hall–Kier alpha value is -2.58. The maximum absolute atomic E-state index is 14.1. The Bertz CT molecular complexity index is 1260. The number of aliphatic imine (C=N–C) groups is 1. The number of fused-ring (bicyclic) bond motifs is 1. The zero-order valence-corrected chi connectivity index (χ0v) is 24.8. The minimum absolute atomic E-state index is 0.0961. The van der Waals surface area contributed by atoms with Crippen molar-refractivity contribution in [2.75, 3.05) is 36.5 Å². The van der Waals surface area contributed by atoms with Gasteiger partial charge in [-0.15, -0.1) is 0 Å². The molecule has 0 aromatic heterocycles. The Balaban J connectivity index is 1.55. The molecule has 5 rings (SSSR count). The number of carbonyl (C=O) groups is 1. The summed E-state index contributed by atoms with van der Waals surface area (Å²) in [6.07, 6.45) is 5.65. The molecule has 3 aliphatic rings.